The van der Waals surface area contributed by atoms with Gasteiger partial charge in [0.25, 0.3) is 0 Å². The summed E-state index contributed by atoms with van der Waals surface area (Å²) < 4.78 is 16.4. The molecule has 4 rings (SSSR count). The van der Waals surface area contributed by atoms with Crippen molar-refractivity contribution in [3.63, 3.8) is 0 Å². The molecule has 0 saturated carbocycles. The SMILES string of the molecule is COc1ccccc1C(=O)Oc1ccc2c(c1)OC(N)=C(C#N)C2c1ccc(Cl)c(Cl)c1. The van der Waals surface area contributed by atoms with Crippen LogP contribution in [0.1, 0.15) is 27.4 Å². The lowest BCUT2D eigenvalue weighted by Crippen LogP contribution is -2.21. The number of rotatable bonds is 4. The average molecular weight is 467 g/mol. The molecule has 8 heteroatoms. The quantitative estimate of drug-likeness (QED) is 0.406. The lowest BCUT2D eigenvalue weighted by atomic mass is 9.83. The third-order valence-electron chi connectivity index (χ3n) is 5.00. The molecule has 0 saturated heterocycles. The van der Waals surface area contributed by atoms with E-state index in [1.807, 2.05) is 0 Å². The van der Waals surface area contributed by atoms with E-state index < -0.39 is 11.9 Å². The zero-order valence-corrected chi connectivity index (χ0v) is 18.3. The average Bonchev–Trinajstić information content (AvgIpc) is 2.79. The molecular formula is C24H16Cl2N2O4. The Morgan fingerprint density at radius 3 is 2.59 bits per heavy atom. The van der Waals surface area contributed by atoms with Crippen molar-refractivity contribution in [3.8, 4) is 23.3 Å². The van der Waals surface area contributed by atoms with Crippen molar-refractivity contribution >= 4 is 29.2 Å². The minimum atomic E-state index is -0.583. The van der Waals surface area contributed by atoms with Crippen LogP contribution in [0.3, 0.4) is 0 Å². The number of hydrogen-bond donors (Lipinski definition) is 1. The maximum Gasteiger partial charge on any atom is 0.347 e. The molecule has 1 unspecified atom stereocenters. The first kappa shape index (κ1) is 21.6. The van der Waals surface area contributed by atoms with Gasteiger partial charge in [0.05, 0.1) is 23.1 Å². The van der Waals surface area contributed by atoms with Crippen molar-refractivity contribution in [3.05, 3.63) is 98.9 Å². The Morgan fingerprint density at radius 2 is 1.88 bits per heavy atom. The van der Waals surface area contributed by atoms with Gasteiger partial charge in [-0.05, 0) is 35.9 Å². The summed E-state index contributed by atoms with van der Waals surface area (Å²) in [5.74, 6) is -0.122. The number of para-hydroxylation sites is 1. The van der Waals surface area contributed by atoms with Crippen molar-refractivity contribution in [1.29, 1.82) is 5.26 Å². The van der Waals surface area contributed by atoms with Crippen LogP contribution in [-0.4, -0.2) is 13.1 Å². The first-order valence-corrected chi connectivity index (χ1v) is 10.2. The maximum atomic E-state index is 12.6. The predicted molar refractivity (Wildman–Crippen MR) is 120 cm³/mol. The zero-order valence-electron chi connectivity index (χ0n) is 16.8. The van der Waals surface area contributed by atoms with Gasteiger partial charge in [-0.2, -0.15) is 5.26 Å². The summed E-state index contributed by atoms with van der Waals surface area (Å²) in [6, 6.07) is 18.9. The highest BCUT2D eigenvalue weighted by Crippen LogP contribution is 2.44. The van der Waals surface area contributed by atoms with Crippen LogP contribution in [0.5, 0.6) is 17.2 Å². The van der Waals surface area contributed by atoms with Crippen LogP contribution >= 0.6 is 23.2 Å². The third-order valence-corrected chi connectivity index (χ3v) is 5.74. The fraction of sp³-hybridized carbons (Fsp3) is 0.0833. The molecule has 160 valence electrons. The molecule has 32 heavy (non-hydrogen) atoms. The molecule has 1 heterocycles. The molecule has 1 aliphatic heterocycles. The number of methoxy groups -OCH3 is 1. The number of esters is 1. The molecule has 3 aromatic rings. The van der Waals surface area contributed by atoms with E-state index in [1.54, 1.807) is 60.7 Å². The van der Waals surface area contributed by atoms with Crippen LogP contribution < -0.4 is 19.9 Å². The molecule has 1 aliphatic rings. The molecular weight excluding hydrogens is 451 g/mol. The fourth-order valence-corrected chi connectivity index (χ4v) is 3.82. The smallest absolute Gasteiger partial charge is 0.347 e. The summed E-state index contributed by atoms with van der Waals surface area (Å²) in [5.41, 5.74) is 7.96. The second-order valence-corrected chi connectivity index (χ2v) is 7.70. The van der Waals surface area contributed by atoms with Crippen molar-refractivity contribution in [2.75, 3.05) is 7.11 Å². The van der Waals surface area contributed by atoms with Gasteiger partial charge in [-0.15, -0.1) is 0 Å². The minimum Gasteiger partial charge on any atom is -0.496 e. The number of hydrogen-bond acceptors (Lipinski definition) is 6. The van der Waals surface area contributed by atoms with Gasteiger partial charge in [-0.3, -0.25) is 0 Å². The third kappa shape index (κ3) is 3.96. The van der Waals surface area contributed by atoms with Gasteiger partial charge in [0.15, 0.2) is 0 Å². The summed E-state index contributed by atoms with van der Waals surface area (Å²) in [7, 11) is 1.48. The maximum absolute atomic E-state index is 12.6. The molecule has 0 fully saturated rings. The first-order valence-electron chi connectivity index (χ1n) is 9.44. The highest BCUT2D eigenvalue weighted by Gasteiger charge is 2.31. The zero-order chi connectivity index (χ0) is 22.8. The summed E-state index contributed by atoms with van der Waals surface area (Å²) >= 11 is 12.2. The predicted octanol–water partition coefficient (Wildman–Crippen LogP) is 5.44. The van der Waals surface area contributed by atoms with Crippen LogP contribution in [0.4, 0.5) is 0 Å². The molecule has 0 aliphatic carbocycles. The number of nitrogens with two attached hydrogens (primary N) is 1. The van der Waals surface area contributed by atoms with Crippen molar-refractivity contribution in [2.24, 2.45) is 5.73 Å². The Hall–Kier alpha value is -3.66. The van der Waals surface area contributed by atoms with E-state index in [9.17, 15) is 10.1 Å². The molecule has 0 bridgehead atoms. The molecule has 6 nitrogen and oxygen atoms in total. The van der Waals surface area contributed by atoms with Gasteiger partial charge in [0.2, 0.25) is 5.88 Å². The standard InChI is InChI=1S/C24H16Cl2N2O4/c1-30-20-5-3-2-4-16(20)24(29)31-14-7-8-15-21(11-14)32-23(28)17(12-27)22(15)13-6-9-18(25)19(26)10-13/h2-11,22H,28H2,1H3. The van der Waals surface area contributed by atoms with E-state index in [0.717, 1.165) is 5.56 Å². The van der Waals surface area contributed by atoms with Crippen LogP contribution in [0.15, 0.2) is 72.1 Å². The summed E-state index contributed by atoms with van der Waals surface area (Å²) in [6.07, 6.45) is 0. The lowest BCUT2D eigenvalue weighted by molar-refractivity contribution is 0.0731. The Labute approximate surface area is 194 Å². The van der Waals surface area contributed by atoms with E-state index in [4.69, 9.17) is 43.1 Å². The Kier molecular flexibility index (Phi) is 5.95. The number of ether oxygens (including phenoxy) is 3. The normalized spacial score (nSPS) is 14.8. The summed E-state index contributed by atoms with van der Waals surface area (Å²) in [6.45, 7) is 0. The van der Waals surface area contributed by atoms with E-state index in [0.29, 0.717) is 27.1 Å². The molecule has 1 atom stereocenters. The molecule has 0 aromatic heterocycles. The highest BCUT2D eigenvalue weighted by atomic mass is 35.5. The highest BCUT2D eigenvalue weighted by molar-refractivity contribution is 6.42. The number of nitriles is 1. The summed E-state index contributed by atoms with van der Waals surface area (Å²) in [4.78, 5) is 12.6. The van der Waals surface area contributed by atoms with Crippen LogP contribution in [-0.2, 0) is 0 Å². The van der Waals surface area contributed by atoms with Crippen LogP contribution in [0.25, 0.3) is 0 Å². The van der Waals surface area contributed by atoms with Crippen molar-refractivity contribution in [1.82, 2.24) is 0 Å². The van der Waals surface area contributed by atoms with Crippen LogP contribution in [0, 0.1) is 11.3 Å². The Morgan fingerprint density at radius 1 is 1.09 bits per heavy atom. The van der Waals surface area contributed by atoms with Gasteiger partial charge in [0, 0.05) is 11.6 Å². The monoisotopic (exact) mass is 466 g/mol. The first-order chi connectivity index (χ1) is 15.4. The van der Waals surface area contributed by atoms with Gasteiger partial charge >= 0.3 is 5.97 Å². The second-order valence-electron chi connectivity index (χ2n) is 6.89. The number of carbonyl (C=O) groups is 1. The molecule has 3 aromatic carbocycles. The number of fused-ring (bicyclic) bond motifs is 1. The number of allylic oxidation sites excluding steroid dienone is 1. The molecule has 0 radical (unpaired) electrons. The van der Waals surface area contributed by atoms with Crippen molar-refractivity contribution < 1.29 is 19.0 Å². The molecule has 0 amide bonds. The molecule has 2 N–H and O–H groups in total. The second kappa shape index (κ2) is 8.83. The topological polar surface area (TPSA) is 94.6 Å². The van der Waals surface area contributed by atoms with E-state index >= 15 is 0 Å². The fourth-order valence-electron chi connectivity index (χ4n) is 3.51. The number of carbonyl (C=O) groups excluding carboxylic acids is 1. The lowest BCUT2D eigenvalue weighted by Gasteiger charge is -2.27. The largest absolute Gasteiger partial charge is 0.496 e. The summed E-state index contributed by atoms with van der Waals surface area (Å²) in [5, 5.41) is 10.4. The van der Waals surface area contributed by atoms with Crippen molar-refractivity contribution in [2.45, 2.75) is 5.92 Å². The number of benzene rings is 3. The van der Waals surface area contributed by atoms with Gasteiger partial charge in [0.1, 0.15) is 34.5 Å². The Balaban J connectivity index is 1.71. The minimum absolute atomic E-state index is 0.0377. The van der Waals surface area contributed by atoms with E-state index in [1.165, 1.54) is 7.11 Å². The van der Waals surface area contributed by atoms with Gasteiger partial charge < -0.3 is 19.9 Å². The Bertz CT molecular complexity index is 1300. The van der Waals surface area contributed by atoms with E-state index in [2.05, 4.69) is 6.07 Å². The van der Waals surface area contributed by atoms with E-state index in [-0.39, 0.29) is 22.8 Å². The molecule has 0 spiro atoms. The van der Waals surface area contributed by atoms with Crippen LogP contribution in [0.2, 0.25) is 10.0 Å². The van der Waals surface area contributed by atoms with Gasteiger partial charge in [-0.1, -0.05) is 47.5 Å². The number of nitrogens with zero attached hydrogens (tertiary/aromatic N) is 1. The van der Waals surface area contributed by atoms with Gasteiger partial charge in [-0.25, -0.2) is 4.79 Å². The number of halogens is 2.